The van der Waals surface area contributed by atoms with Gasteiger partial charge in [0, 0.05) is 12.1 Å². The fourth-order valence-electron chi connectivity index (χ4n) is 2.39. The minimum absolute atomic E-state index is 0.457. The maximum atomic E-state index is 9.43. The standard InChI is InChI=1S/C19H24N4/c1-6-12(2)10-18-21-15(5)16(11-20)19(23-18)22-17-9-7-8-13(3)14(17)4/h7-9,12,22H,5-6,10H2,1-4H3,(H,21,23). The van der Waals surface area contributed by atoms with Gasteiger partial charge in [-0.15, -0.1) is 0 Å². The molecule has 0 fully saturated rings. The van der Waals surface area contributed by atoms with E-state index in [4.69, 9.17) is 0 Å². The minimum Gasteiger partial charge on any atom is -0.343 e. The molecule has 0 aromatic heterocycles. The first-order valence-electron chi connectivity index (χ1n) is 7.97. The van der Waals surface area contributed by atoms with Crippen LogP contribution >= 0.6 is 0 Å². The summed E-state index contributed by atoms with van der Waals surface area (Å²) >= 11 is 0. The monoisotopic (exact) mass is 308 g/mol. The van der Waals surface area contributed by atoms with Crippen molar-refractivity contribution in [3.63, 3.8) is 0 Å². The fraction of sp³-hybridized carbons (Fsp3) is 0.368. The predicted molar refractivity (Wildman–Crippen MR) is 96.0 cm³/mol. The van der Waals surface area contributed by atoms with Crippen LogP contribution < -0.4 is 10.6 Å². The average molecular weight is 308 g/mol. The quantitative estimate of drug-likeness (QED) is 0.847. The van der Waals surface area contributed by atoms with Gasteiger partial charge in [0.15, 0.2) is 5.82 Å². The Kier molecular flexibility index (Phi) is 5.23. The van der Waals surface area contributed by atoms with Crippen LogP contribution in [0, 0.1) is 31.1 Å². The zero-order valence-electron chi connectivity index (χ0n) is 14.3. The van der Waals surface area contributed by atoms with Crippen molar-refractivity contribution in [2.75, 3.05) is 5.32 Å². The van der Waals surface area contributed by atoms with Crippen LogP contribution in [0.15, 0.2) is 46.9 Å². The normalized spacial score (nSPS) is 15.6. The molecule has 4 heteroatoms. The van der Waals surface area contributed by atoms with Crippen molar-refractivity contribution in [3.05, 3.63) is 53.0 Å². The Balaban J connectivity index is 2.37. The second kappa shape index (κ2) is 7.15. The summed E-state index contributed by atoms with van der Waals surface area (Å²) in [6.45, 7) is 12.4. The molecule has 2 N–H and O–H groups in total. The van der Waals surface area contributed by atoms with Crippen molar-refractivity contribution in [1.29, 1.82) is 5.26 Å². The first-order valence-corrected chi connectivity index (χ1v) is 7.97. The molecule has 1 atom stereocenters. The zero-order valence-corrected chi connectivity index (χ0v) is 14.3. The van der Waals surface area contributed by atoms with Crippen LogP contribution in [0.25, 0.3) is 0 Å². The van der Waals surface area contributed by atoms with E-state index in [1.54, 1.807) is 0 Å². The molecule has 0 bridgehead atoms. The summed E-state index contributed by atoms with van der Waals surface area (Å²) in [5.74, 6) is 1.96. The molecule has 1 aliphatic rings. The van der Waals surface area contributed by atoms with Crippen LogP contribution in [0.4, 0.5) is 5.69 Å². The van der Waals surface area contributed by atoms with Crippen molar-refractivity contribution in [3.8, 4) is 6.07 Å². The van der Waals surface area contributed by atoms with Gasteiger partial charge < -0.3 is 10.6 Å². The van der Waals surface area contributed by atoms with Crippen molar-refractivity contribution in [2.24, 2.45) is 10.9 Å². The van der Waals surface area contributed by atoms with Crippen molar-refractivity contribution in [1.82, 2.24) is 5.32 Å². The smallest absolute Gasteiger partial charge is 0.152 e. The number of amidine groups is 1. The lowest BCUT2D eigenvalue weighted by Crippen LogP contribution is -2.30. The summed E-state index contributed by atoms with van der Waals surface area (Å²) < 4.78 is 0. The zero-order chi connectivity index (χ0) is 17.0. The summed E-state index contributed by atoms with van der Waals surface area (Å²) in [5.41, 5.74) is 4.38. The third kappa shape index (κ3) is 3.81. The van der Waals surface area contributed by atoms with E-state index in [1.165, 1.54) is 5.56 Å². The highest BCUT2D eigenvalue weighted by Gasteiger charge is 2.19. The van der Waals surface area contributed by atoms with E-state index < -0.39 is 0 Å². The van der Waals surface area contributed by atoms with E-state index in [0.717, 1.165) is 29.9 Å². The molecule has 4 nitrogen and oxygen atoms in total. The number of anilines is 1. The van der Waals surface area contributed by atoms with Gasteiger partial charge in [0.1, 0.15) is 17.5 Å². The van der Waals surface area contributed by atoms with Crippen LogP contribution in [0.1, 0.15) is 37.8 Å². The van der Waals surface area contributed by atoms with Crippen LogP contribution in [0.2, 0.25) is 0 Å². The molecule has 23 heavy (non-hydrogen) atoms. The van der Waals surface area contributed by atoms with E-state index in [1.807, 2.05) is 12.1 Å². The summed E-state index contributed by atoms with van der Waals surface area (Å²) in [5, 5.41) is 15.9. The highest BCUT2D eigenvalue weighted by atomic mass is 15.1. The van der Waals surface area contributed by atoms with Crippen LogP contribution in [0.3, 0.4) is 0 Å². The van der Waals surface area contributed by atoms with E-state index in [-0.39, 0.29) is 0 Å². The van der Waals surface area contributed by atoms with Crippen LogP contribution in [-0.4, -0.2) is 5.84 Å². The van der Waals surface area contributed by atoms with Gasteiger partial charge in [-0.3, -0.25) is 0 Å². The topological polar surface area (TPSA) is 60.2 Å². The molecule has 0 amide bonds. The molecule has 0 spiro atoms. The van der Waals surface area contributed by atoms with Gasteiger partial charge in [0.05, 0.1) is 5.70 Å². The number of rotatable bonds is 5. The number of aryl methyl sites for hydroxylation is 1. The molecule has 0 radical (unpaired) electrons. The number of nitriles is 1. The number of nitrogens with zero attached hydrogens (tertiary/aromatic N) is 2. The Bertz CT molecular complexity index is 719. The maximum Gasteiger partial charge on any atom is 0.152 e. The molecular formula is C19H24N4. The first kappa shape index (κ1) is 16.8. The molecule has 1 aromatic carbocycles. The molecule has 0 saturated carbocycles. The SMILES string of the molecule is C=C1NC(CC(C)CC)=NC(Nc2cccc(C)c2C)=C1C#N. The summed E-state index contributed by atoms with van der Waals surface area (Å²) in [6, 6.07) is 8.26. The van der Waals surface area contributed by atoms with E-state index in [9.17, 15) is 5.26 Å². The van der Waals surface area contributed by atoms with Crippen molar-refractivity contribution >= 4 is 11.5 Å². The van der Waals surface area contributed by atoms with Gasteiger partial charge in [0.2, 0.25) is 0 Å². The molecule has 1 heterocycles. The highest BCUT2D eigenvalue weighted by molar-refractivity contribution is 5.88. The molecule has 1 aliphatic heterocycles. The lowest BCUT2D eigenvalue weighted by atomic mass is 10.0. The fourth-order valence-corrected chi connectivity index (χ4v) is 2.39. The summed E-state index contributed by atoms with van der Waals surface area (Å²) in [4.78, 5) is 4.63. The highest BCUT2D eigenvalue weighted by Crippen LogP contribution is 2.25. The Morgan fingerprint density at radius 1 is 1.39 bits per heavy atom. The number of hydrogen-bond acceptors (Lipinski definition) is 4. The van der Waals surface area contributed by atoms with Crippen molar-refractivity contribution in [2.45, 2.75) is 40.5 Å². The van der Waals surface area contributed by atoms with Crippen LogP contribution in [-0.2, 0) is 0 Å². The molecule has 2 rings (SSSR count). The van der Waals surface area contributed by atoms with Crippen LogP contribution in [0.5, 0.6) is 0 Å². The second-order valence-electron chi connectivity index (χ2n) is 6.09. The van der Waals surface area contributed by atoms with E-state index >= 15 is 0 Å². The Morgan fingerprint density at radius 2 is 2.13 bits per heavy atom. The molecule has 0 aliphatic carbocycles. The van der Waals surface area contributed by atoms with Gasteiger partial charge in [-0.2, -0.15) is 5.26 Å². The predicted octanol–water partition coefficient (Wildman–Crippen LogP) is 4.40. The third-order valence-electron chi connectivity index (χ3n) is 4.29. The van der Waals surface area contributed by atoms with Gasteiger partial charge >= 0.3 is 0 Å². The number of benzene rings is 1. The minimum atomic E-state index is 0.457. The Labute approximate surface area is 138 Å². The van der Waals surface area contributed by atoms with Gasteiger partial charge in [-0.1, -0.05) is 39.0 Å². The van der Waals surface area contributed by atoms with E-state index in [2.05, 4.69) is 62.0 Å². The summed E-state index contributed by atoms with van der Waals surface area (Å²) in [6.07, 6.45) is 1.92. The second-order valence-corrected chi connectivity index (χ2v) is 6.09. The van der Waals surface area contributed by atoms with Crippen molar-refractivity contribution < 1.29 is 0 Å². The lowest BCUT2D eigenvalue weighted by Gasteiger charge is -2.22. The first-order chi connectivity index (χ1) is 11.0. The molecular weight excluding hydrogens is 284 g/mol. The molecule has 0 saturated heterocycles. The number of hydrogen-bond donors (Lipinski definition) is 2. The van der Waals surface area contributed by atoms with Gasteiger partial charge in [-0.25, -0.2) is 4.99 Å². The lowest BCUT2D eigenvalue weighted by molar-refractivity contribution is 0.580. The third-order valence-corrected chi connectivity index (χ3v) is 4.29. The average Bonchev–Trinajstić information content (AvgIpc) is 2.51. The number of nitrogens with one attached hydrogen (secondary N) is 2. The van der Waals surface area contributed by atoms with Gasteiger partial charge in [0.25, 0.3) is 0 Å². The Hall–Kier alpha value is -2.54. The number of aliphatic imine (C=N–C) groups is 1. The van der Waals surface area contributed by atoms with E-state index in [0.29, 0.717) is 23.0 Å². The molecule has 1 unspecified atom stereocenters. The van der Waals surface area contributed by atoms with Gasteiger partial charge in [-0.05, 0) is 37.0 Å². The molecule has 120 valence electrons. The summed E-state index contributed by atoms with van der Waals surface area (Å²) in [7, 11) is 0. The molecule has 1 aromatic rings. The Morgan fingerprint density at radius 3 is 2.78 bits per heavy atom. The number of allylic oxidation sites excluding steroid dienone is 1. The maximum absolute atomic E-state index is 9.43. The largest absolute Gasteiger partial charge is 0.343 e.